The lowest BCUT2D eigenvalue weighted by molar-refractivity contribution is -0.144. The molecule has 2 aromatic carbocycles. The smallest absolute Gasteiger partial charge is 0.408 e. The van der Waals surface area contributed by atoms with Crippen LogP contribution in [0.25, 0.3) is 0 Å². The molecule has 2 atom stereocenters. The Morgan fingerprint density at radius 3 is 2.26 bits per heavy atom. The number of aromatic hydroxyl groups is 1. The molecule has 38 heavy (non-hydrogen) atoms. The summed E-state index contributed by atoms with van der Waals surface area (Å²) >= 11 is 0. The molecule has 8 heteroatoms. The molecule has 8 nitrogen and oxygen atoms in total. The first-order valence-electron chi connectivity index (χ1n) is 13.3. The highest BCUT2D eigenvalue weighted by atomic mass is 16.6. The summed E-state index contributed by atoms with van der Waals surface area (Å²) in [6.45, 7) is 13.2. The van der Waals surface area contributed by atoms with E-state index in [2.05, 4.69) is 10.6 Å². The van der Waals surface area contributed by atoms with E-state index in [1.54, 1.807) is 39.8 Å². The fourth-order valence-corrected chi connectivity index (χ4v) is 4.13. The third-order valence-corrected chi connectivity index (χ3v) is 5.98. The van der Waals surface area contributed by atoms with E-state index in [-0.39, 0.29) is 24.1 Å². The van der Waals surface area contributed by atoms with Crippen LogP contribution in [-0.2, 0) is 20.7 Å². The summed E-state index contributed by atoms with van der Waals surface area (Å²) in [5.74, 6) is -0.618. The van der Waals surface area contributed by atoms with Crippen LogP contribution in [0.5, 0.6) is 5.75 Å². The highest BCUT2D eigenvalue weighted by Gasteiger charge is 2.38. The Bertz CT molecular complexity index is 1080. The number of ether oxygens (including phenoxy) is 1. The summed E-state index contributed by atoms with van der Waals surface area (Å²) in [5, 5.41) is 15.8. The van der Waals surface area contributed by atoms with Gasteiger partial charge in [0.05, 0.1) is 0 Å². The lowest BCUT2D eigenvalue weighted by Crippen LogP contribution is -2.55. The van der Waals surface area contributed by atoms with E-state index < -0.39 is 29.7 Å². The highest BCUT2D eigenvalue weighted by Crippen LogP contribution is 2.29. The van der Waals surface area contributed by atoms with Crippen molar-refractivity contribution in [2.45, 2.75) is 91.5 Å². The Morgan fingerprint density at radius 1 is 1.05 bits per heavy atom. The number of phenols is 1. The average Bonchev–Trinajstić information content (AvgIpc) is 2.83. The SMILES string of the molecule is CCCCNC(=O)C(c1ccc(O)c(C)c1)N(C(=O)C(Cc1ccccc1)NC(=O)OC(C)(C)C)C(C)C. The molecule has 0 aromatic heterocycles. The Balaban J connectivity index is 2.53. The zero-order valence-electron chi connectivity index (χ0n) is 23.7. The molecule has 0 aliphatic carbocycles. The van der Waals surface area contributed by atoms with E-state index in [9.17, 15) is 19.5 Å². The van der Waals surface area contributed by atoms with Crippen LogP contribution in [0.3, 0.4) is 0 Å². The molecule has 0 aliphatic heterocycles. The lowest BCUT2D eigenvalue weighted by Gasteiger charge is -2.37. The molecule has 0 saturated heterocycles. The van der Waals surface area contributed by atoms with E-state index in [0.29, 0.717) is 17.7 Å². The molecule has 0 fully saturated rings. The summed E-state index contributed by atoms with van der Waals surface area (Å²) in [4.78, 5) is 42.1. The van der Waals surface area contributed by atoms with Crippen LogP contribution >= 0.6 is 0 Å². The van der Waals surface area contributed by atoms with Gasteiger partial charge in [-0.15, -0.1) is 0 Å². The standard InChI is InChI=1S/C30H43N3O5/c1-8-9-17-31-27(35)26(23-15-16-25(34)21(4)18-23)33(20(2)3)28(36)24(19-22-13-11-10-12-14-22)32-29(37)38-30(5,6)7/h10-16,18,20,24,26,34H,8-9,17,19H2,1-7H3,(H,31,35)(H,32,37). The maximum absolute atomic E-state index is 14.2. The number of hydrogen-bond acceptors (Lipinski definition) is 5. The third kappa shape index (κ3) is 9.08. The number of carbonyl (C=O) groups excluding carboxylic acids is 3. The normalized spacial score (nSPS) is 12.9. The topological polar surface area (TPSA) is 108 Å². The number of hydrogen-bond donors (Lipinski definition) is 3. The molecule has 0 heterocycles. The van der Waals surface area contributed by atoms with Crippen molar-refractivity contribution >= 4 is 17.9 Å². The van der Waals surface area contributed by atoms with Crippen LogP contribution in [0, 0.1) is 6.92 Å². The molecule has 0 saturated carbocycles. The second-order valence-corrected chi connectivity index (χ2v) is 10.8. The van der Waals surface area contributed by atoms with Gasteiger partial charge in [0, 0.05) is 19.0 Å². The van der Waals surface area contributed by atoms with E-state index in [1.165, 1.54) is 11.0 Å². The summed E-state index contributed by atoms with van der Waals surface area (Å²) in [7, 11) is 0. The molecule has 0 spiro atoms. The predicted octanol–water partition coefficient (Wildman–Crippen LogP) is 5.03. The van der Waals surface area contributed by atoms with Crippen molar-refractivity contribution < 1.29 is 24.2 Å². The number of phenolic OH excluding ortho intramolecular Hbond substituents is 1. The molecule has 3 N–H and O–H groups in total. The zero-order valence-corrected chi connectivity index (χ0v) is 23.7. The van der Waals surface area contributed by atoms with Crippen molar-refractivity contribution in [2.24, 2.45) is 0 Å². The van der Waals surface area contributed by atoms with Crippen LogP contribution in [0.1, 0.15) is 77.1 Å². The number of rotatable bonds is 11. The minimum atomic E-state index is -0.973. The van der Waals surface area contributed by atoms with Crippen LogP contribution < -0.4 is 10.6 Å². The van der Waals surface area contributed by atoms with Crippen LogP contribution in [-0.4, -0.2) is 52.1 Å². The second kappa shape index (κ2) is 13.8. The van der Waals surface area contributed by atoms with E-state index in [0.717, 1.165) is 18.4 Å². The van der Waals surface area contributed by atoms with Gasteiger partial charge in [-0.2, -0.15) is 0 Å². The number of nitrogens with one attached hydrogen (secondary N) is 2. The van der Waals surface area contributed by atoms with Crippen molar-refractivity contribution in [2.75, 3.05) is 6.54 Å². The molecule has 2 rings (SSSR count). The highest BCUT2D eigenvalue weighted by molar-refractivity contribution is 5.92. The summed E-state index contributed by atoms with van der Waals surface area (Å²) in [6.07, 6.45) is 1.23. The van der Waals surface area contributed by atoms with Crippen molar-refractivity contribution in [3.05, 3.63) is 65.2 Å². The Morgan fingerprint density at radius 2 is 1.71 bits per heavy atom. The molecule has 2 unspecified atom stereocenters. The summed E-state index contributed by atoms with van der Waals surface area (Å²) < 4.78 is 5.46. The van der Waals surface area contributed by atoms with Gasteiger partial charge < -0.3 is 25.4 Å². The van der Waals surface area contributed by atoms with Crippen LogP contribution in [0.4, 0.5) is 4.79 Å². The first-order chi connectivity index (χ1) is 17.8. The molecular weight excluding hydrogens is 482 g/mol. The number of nitrogens with zero attached hydrogens (tertiary/aromatic N) is 1. The third-order valence-electron chi connectivity index (χ3n) is 5.98. The molecule has 2 aromatic rings. The van der Waals surface area contributed by atoms with Gasteiger partial charge in [0.1, 0.15) is 23.4 Å². The number of carbonyl (C=O) groups is 3. The van der Waals surface area contributed by atoms with Crippen molar-refractivity contribution in [3.8, 4) is 5.75 Å². The Labute approximate surface area is 226 Å². The first kappa shape index (κ1) is 30.7. The number of aryl methyl sites for hydroxylation is 1. The van der Waals surface area contributed by atoms with Gasteiger partial charge >= 0.3 is 6.09 Å². The van der Waals surface area contributed by atoms with Gasteiger partial charge in [-0.3, -0.25) is 9.59 Å². The van der Waals surface area contributed by atoms with E-state index in [1.807, 2.05) is 51.1 Å². The minimum absolute atomic E-state index is 0.106. The number of amides is 3. The van der Waals surface area contributed by atoms with E-state index >= 15 is 0 Å². The molecular formula is C30H43N3O5. The fraction of sp³-hybridized carbons (Fsp3) is 0.500. The van der Waals surface area contributed by atoms with Crippen molar-refractivity contribution in [3.63, 3.8) is 0 Å². The molecule has 3 amide bonds. The average molecular weight is 526 g/mol. The van der Waals surface area contributed by atoms with Crippen LogP contribution in [0.15, 0.2) is 48.5 Å². The summed E-state index contributed by atoms with van der Waals surface area (Å²) in [5.41, 5.74) is 1.29. The monoisotopic (exact) mass is 525 g/mol. The molecule has 0 bridgehead atoms. The Hall–Kier alpha value is -3.55. The minimum Gasteiger partial charge on any atom is -0.508 e. The maximum Gasteiger partial charge on any atom is 0.408 e. The fourth-order valence-electron chi connectivity index (χ4n) is 4.13. The second-order valence-electron chi connectivity index (χ2n) is 10.8. The first-order valence-corrected chi connectivity index (χ1v) is 13.3. The predicted molar refractivity (Wildman–Crippen MR) is 149 cm³/mol. The Kier molecular flexibility index (Phi) is 11.2. The quantitative estimate of drug-likeness (QED) is 0.357. The van der Waals surface area contributed by atoms with Crippen molar-refractivity contribution in [1.82, 2.24) is 15.5 Å². The lowest BCUT2D eigenvalue weighted by atomic mass is 9.97. The molecule has 0 radical (unpaired) electrons. The van der Waals surface area contributed by atoms with Gasteiger partial charge in [-0.1, -0.05) is 49.7 Å². The van der Waals surface area contributed by atoms with E-state index in [4.69, 9.17) is 4.74 Å². The maximum atomic E-state index is 14.2. The van der Waals surface area contributed by atoms with Gasteiger partial charge in [0.15, 0.2) is 0 Å². The molecule has 0 aliphatic rings. The zero-order chi connectivity index (χ0) is 28.5. The number of benzene rings is 2. The molecule has 208 valence electrons. The van der Waals surface area contributed by atoms with Gasteiger partial charge in [-0.25, -0.2) is 4.79 Å². The largest absolute Gasteiger partial charge is 0.508 e. The van der Waals surface area contributed by atoms with Crippen LogP contribution in [0.2, 0.25) is 0 Å². The number of alkyl carbamates (subject to hydrolysis) is 1. The number of unbranched alkanes of at least 4 members (excludes halogenated alkanes) is 1. The van der Waals surface area contributed by atoms with Gasteiger partial charge in [-0.05, 0) is 76.8 Å². The van der Waals surface area contributed by atoms with Crippen molar-refractivity contribution in [1.29, 1.82) is 0 Å². The van der Waals surface area contributed by atoms with Gasteiger partial charge in [0.2, 0.25) is 11.8 Å². The summed E-state index contributed by atoms with van der Waals surface area (Å²) in [6, 6.07) is 12.0. The van der Waals surface area contributed by atoms with Gasteiger partial charge in [0.25, 0.3) is 0 Å².